The third-order valence-electron chi connectivity index (χ3n) is 3.18. The molecule has 1 unspecified atom stereocenters. The van der Waals surface area contributed by atoms with Crippen molar-refractivity contribution in [2.45, 2.75) is 13.3 Å². The van der Waals surface area contributed by atoms with E-state index in [0.717, 1.165) is 0 Å². The smallest absolute Gasteiger partial charge is 0.248 e. The number of hydrogen-bond acceptors (Lipinski definition) is 4. The lowest BCUT2D eigenvalue weighted by Crippen LogP contribution is -2.51. The summed E-state index contributed by atoms with van der Waals surface area (Å²) < 4.78 is 4.81. The monoisotopic (exact) mass is 257 g/mol. The number of amides is 2. The fraction of sp³-hybridized carbons (Fsp3) is 0.833. The minimum atomic E-state index is -0.0140. The van der Waals surface area contributed by atoms with E-state index in [0.29, 0.717) is 39.1 Å². The molecule has 6 heteroatoms. The van der Waals surface area contributed by atoms with Crippen LogP contribution in [0.2, 0.25) is 0 Å². The average molecular weight is 257 g/mol. The van der Waals surface area contributed by atoms with Gasteiger partial charge in [-0.3, -0.25) is 9.59 Å². The van der Waals surface area contributed by atoms with Crippen molar-refractivity contribution in [3.05, 3.63) is 0 Å². The zero-order valence-corrected chi connectivity index (χ0v) is 11.2. The second-order valence-corrected chi connectivity index (χ2v) is 4.74. The van der Waals surface area contributed by atoms with Crippen molar-refractivity contribution in [3.63, 3.8) is 0 Å². The van der Waals surface area contributed by atoms with Crippen molar-refractivity contribution in [1.29, 1.82) is 0 Å². The Balaban J connectivity index is 2.34. The highest BCUT2D eigenvalue weighted by atomic mass is 16.5. The Hall–Kier alpha value is -1.14. The molecule has 1 fully saturated rings. The van der Waals surface area contributed by atoms with E-state index in [1.54, 1.807) is 4.90 Å². The highest BCUT2D eigenvalue weighted by molar-refractivity contribution is 5.79. The van der Waals surface area contributed by atoms with Gasteiger partial charge in [-0.2, -0.15) is 0 Å². The van der Waals surface area contributed by atoms with E-state index in [-0.39, 0.29) is 24.3 Å². The number of nitrogens with two attached hydrogens (primary N) is 1. The topological polar surface area (TPSA) is 75.9 Å². The molecule has 0 spiro atoms. The first-order valence-corrected chi connectivity index (χ1v) is 6.33. The number of nitrogens with zero attached hydrogens (tertiary/aromatic N) is 2. The van der Waals surface area contributed by atoms with Crippen molar-refractivity contribution in [3.8, 4) is 0 Å². The maximum atomic E-state index is 11.9. The zero-order chi connectivity index (χ0) is 13.5. The van der Waals surface area contributed by atoms with Gasteiger partial charge < -0.3 is 20.3 Å². The molecule has 0 radical (unpaired) electrons. The van der Waals surface area contributed by atoms with Crippen LogP contribution >= 0.6 is 0 Å². The van der Waals surface area contributed by atoms with Crippen molar-refractivity contribution < 1.29 is 14.3 Å². The van der Waals surface area contributed by atoms with Crippen LogP contribution in [-0.2, 0) is 14.3 Å². The molecule has 6 nitrogen and oxygen atoms in total. The number of carbonyl (C=O) groups excluding carboxylic acids is 2. The molecule has 0 aromatic rings. The Morgan fingerprint density at radius 3 is 2.11 bits per heavy atom. The van der Waals surface area contributed by atoms with Gasteiger partial charge in [0.15, 0.2) is 0 Å². The number of carbonyl (C=O) groups is 2. The van der Waals surface area contributed by atoms with E-state index in [4.69, 9.17) is 10.5 Å². The van der Waals surface area contributed by atoms with E-state index in [1.807, 2.05) is 11.8 Å². The Labute approximate surface area is 108 Å². The molecule has 0 aliphatic carbocycles. The second-order valence-electron chi connectivity index (χ2n) is 4.74. The van der Waals surface area contributed by atoms with Crippen LogP contribution in [0.3, 0.4) is 0 Å². The van der Waals surface area contributed by atoms with Crippen LogP contribution in [0.15, 0.2) is 0 Å². The van der Waals surface area contributed by atoms with E-state index >= 15 is 0 Å². The Morgan fingerprint density at radius 2 is 1.67 bits per heavy atom. The third kappa shape index (κ3) is 4.27. The fourth-order valence-corrected chi connectivity index (χ4v) is 1.93. The summed E-state index contributed by atoms with van der Waals surface area (Å²) in [6.07, 6.45) is 0.489. The lowest BCUT2D eigenvalue weighted by molar-refractivity contribution is -0.142. The highest BCUT2D eigenvalue weighted by Gasteiger charge is 2.24. The van der Waals surface area contributed by atoms with Gasteiger partial charge in [-0.1, -0.05) is 6.92 Å². The van der Waals surface area contributed by atoms with Gasteiger partial charge >= 0.3 is 0 Å². The van der Waals surface area contributed by atoms with Crippen molar-refractivity contribution >= 4 is 11.8 Å². The van der Waals surface area contributed by atoms with Crippen LogP contribution in [0.4, 0.5) is 0 Å². The molecule has 2 N–H and O–H groups in total. The summed E-state index contributed by atoms with van der Waals surface area (Å²) in [5, 5.41) is 0. The molecule has 1 heterocycles. The van der Waals surface area contributed by atoms with E-state index in [2.05, 4.69) is 0 Å². The Bertz CT molecular complexity index is 288. The van der Waals surface area contributed by atoms with Crippen LogP contribution in [0.5, 0.6) is 0 Å². The van der Waals surface area contributed by atoms with E-state index < -0.39 is 0 Å². The van der Waals surface area contributed by atoms with Gasteiger partial charge in [0.2, 0.25) is 11.8 Å². The van der Waals surface area contributed by atoms with Gasteiger partial charge in [0.25, 0.3) is 0 Å². The molecule has 0 aromatic heterocycles. The normalized spacial score (nSPS) is 17.7. The van der Waals surface area contributed by atoms with Crippen LogP contribution in [0.1, 0.15) is 13.3 Å². The number of ether oxygens (including phenoxy) is 1. The molecule has 0 bridgehead atoms. The summed E-state index contributed by atoms with van der Waals surface area (Å²) in [5.74, 6) is 0.331. The predicted molar refractivity (Wildman–Crippen MR) is 67.9 cm³/mol. The number of hydrogen-bond donors (Lipinski definition) is 1. The zero-order valence-electron chi connectivity index (χ0n) is 11.2. The lowest BCUT2D eigenvalue weighted by atomic mass is 10.1. The summed E-state index contributed by atoms with van der Waals surface area (Å²) in [5.41, 5.74) is 5.51. The molecule has 18 heavy (non-hydrogen) atoms. The molecule has 0 saturated carbocycles. The molecule has 1 atom stereocenters. The van der Waals surface area contributed by atoms with Gasteiger partial charge in [0, 0.05) is 39.7 Å². The summed E-state index contributed by atoms with van der Waals surface area (Å²) in [6.45, 7) is 4.99. The van der Waals surface area contributed by atoms with Crippen LogP contribution in [0, 0.1) is 5.92 Å². The van der Waals surface area contributed by atoms with Gasteiger partial charge in [-0.25, -0.2) is 0 Å². The molecule has 0 aromatic carbocycles. The van der Waals surface area contributed by atoms with Crippen LogP contribution in [0.25, 0.3) is 0 Å². The van der Waals surface area contributed by atoms with Gasteiger partial charge in [-0.15, -0.1) is 0 Å². The number of rotatable bonds is 5. The maximum Gasteiger partial charge on any atom is 0.248 e. The van der Waals surface area contributed by atoms with Gasteiger partial charge in [0.1, 0.15) is 6.61 Å². The predicted octanol–water partition coefficient (Wildman–Crippen LogP) is -0.711. The molecule has 2 amide bonds. The number of methoxy groups -OCH3 is 1. The van der Waals surface area contributed by atoms with E-state index in [1.165, 1.54) is 7.11 Å². The summed E-state index contributed by atoms with van der Waals surface area (Å²) in [4.78, 5) is 27.0. The van der Waals surface area contributed by atoms with Gasteiger partial charge in [-0.05, 0) is 12.5 Å². The summed E-state index contributed by atoms with van der Waals surface area (Å²) in [7, 11) is 1.51. The second kappa shape index (κ2) is 7.33. The first kappa shape index (κ1) is 14.9. The minimum absolute atomic E-state index is 0.0140. The minimum Gasteiger partial charge on any atom is -0.375 e. The van der Waals surface area contributed by atoms with Crippen molar-refractivity contribution in [2.24, 2.45) is 11.7 Å². The quantitative estimate of drug-likeness (QED) is 0.706. The first-order valence-electron chi connectivity index (χ1n) is 6.33. The molecular weight excluding hydrogens is 234 g/mol. The first-order chi connectivity index (χ1) is 8.58. The average Bonchev–Trinajstić information content (AvgIpc) is 2.39. The van der Waals surface area contributed by atoms with Crippen molar-refractivity contribution in [1.82, 2.24) is 9.80 Å². The fourth-order valence-electron chi connectivity index (χ4n) is 1.93. The standard InChI is InChI=1S/C12H23N3O3/c1-10(8-13)7-11(16)14-3-5-15(6-4-14)12(17)9-18-2/h10H,3-9,13H2,1-2H3. The molecule has 1 rings (SSSR count). The van der Waals surface area contributed by atoms with Gasteiger partial charge in [0.05, 0.1) is 0 Å². The Morgan fingerprint density at radius 1 is 1.17 bits per heavy atom. The van der Waals surface area contributed by atoms with Crippen LogP contribution < -0.4 is 5.73 Å². The number of piperazine rings is 1. The molecule has 1 aliphatic heterocycles. The molecule has 104 valence electrons. The highest BCUT2D eigenvalue weighted by Crippen LogP contribution is 2.08. The van der Waals surface area contributed by atoms with Crippen molar-refractivity contribution in [2.75, 3.05) is 46.4 Å². The summed E-state index contributed by atoms with van der Waals surface area (Å²) in [6, 6.07) is 0. The largest absolute Gasteiger partial charge is 0.375 e. The molecular formula is C12H23N3O3. The molecule has 1 saturated heterocycles. The maximum absolute atomic E-state index is 11.9. The Kier molecular flexibility index (Phi) is 6.07. The SMILES string of the molecule is COCC(=O)N1CCN(C(=O)CC(C)CN)CC1. The summed E-state index contributed by atoms with van der Waals surface area (Å²) >= 11 is 0. The van der Waals surface area contributed by atoms with E-state index in [9.17, 15) is 9.59 Å². The lowest BCUT2D eigenvalue weighted by Gasteiger charge is -2.35. The molecule has 1 aliphatic rings. The van der Waals surface area contributed by atoms with Crippen LogP contribution in [-0.4, -0.2) is 68.1 Å². The third-order valence-corrected chi connectivity index (χ3v) is 3.18.